The monoisotopic (exact) mass is 387 g/mol. The van der Waals surface area contributed by atoms with Crippen molar-refractivity contribution in [2.45, 2.75) is 12.6 Å². The summed E-state index contributed by atoms with van der Waals surface area (Å²) in [4.78, 5) is 12.2. The van der Waals surface area contributed by atoms with Crippen molar-refractivity contribution in [1.82, 2.24) is 0 Å². The van der Waals surface area contributed by atoms with Gasteiger partial charge in [-0.05, 0) is 51.8 Å². The lowest BCUT2D eigenvalue weighted by molar-refractivity contribution is -0.127. The van der Waals surface area contributed by atoms with Gasteiger partial charge in [-0.2, -0.15) is 13.2 Å². The first-order chi connectivity index (χ1) is 10.8. The standard InChI is InChI=1S/C16H13BrF3NO2/c1-23-14-6-5-11(8-13(14)17)15(22)21-12-4-2-3-10(7-12)9-16(18,19)20/h2-8H,9H2,1H3,(H,21,22). The second-order valence-electron chi connectivity index (χ2n) is 4.80. The molecule has 2 rings (SSSR count). The Morgan fingerprint density at radius 2 is 1.96 bits per heavy atom. The fraction of sp³-hybridized carbons (Fsp3) is 0.188. The summed E-state index contributed by atoms with van der Waals surface area (Å²) in [5.74, 6) is 0.159. The van der Waals surface area contributed by atoms with Gasteiger partial charge in [-0.25, -0.2) is 0 Å². The van der Waals surface area contributed by atoms with Crippen LogP contribution >= 0.6 is 15.9 Å². The lowest BCUT2D eigenvalue weighted by atomic mass is 10.1. The Kier molecular flexibility index (Phi) is 5.30. The van der Waals surface area contributed by atoms with Crippen LogP contribution in [0.15, 0.2) is 46.9 Å². The third-order valence-corrected chi connectivity index (χ3v) is 3.62. The summed E-state index contributed by atoms with van der Waals surface area (Å²) >= 11 is 3.28. The Morgan fingerprint density at radius 3 is 2.57 bits per heavy atom. The summed E-state index contributed by atoms with van der Waals surface area (Å²) in [6.07, 6.45) is -5.33. The minimum atomic E-state index is -4.29. The van der Waals surface area contributed by atoms with Gasteiger partial charge in [0.2, 0.25) is 0 Å². The average molecular weight is 388 g/mol. The molecule has 7 heteroatoms. The predicted molar refractivity (Wildman–Crippen MR) is 84.8 cm³/mol. The van der Waals surface area contributed by atoms with Gasteiger partial charge in [0.15, 0.2) is 0 Å². The molecule has 3 nitrogen and oxygen atoms in total. The molecule has 0 unspecified atom stereocenters. The number of carbonyl (C=O) groups is 1. The molecule has 2 aromatic carbocycles. The molecular weight excluding hydrogens is 375 g/mol. The van der Waals surface area contributed by atoms with Crippen molar-refractivity contribution in [1.29, 1.82) is 0 Å². The van der Waals surface area contributed by atoms with Crippen molar-refractivity contribution < 1.29 is 22.7 Å². The first-order valence-corrected chi connectivity index (χ1v) is 7.38. The van der Waals surface area contributed by atoms with Gasteiger partial charge in [-0.15, -0.1) is 0 Å². The number of carbonyl (C=O) groups excluding carboxylic acids is 1. The first kappa shape index (κ1) is 17.3. The SMILES string of the molecule is COc1ccc(C(=O)Nc2cccc(CC(F)(F)F)c2)cc1Br. The molecule has 0 bridgehead atoms. The topological polar surface area (TPSA) is 38.3 Å². The molecule has 0 spiro atoms. The van der Waals surface area contributed by atoms with Crippen LogP contribution in [0.5, 0.6) is 5.75 Å². The number of ether oxygens (including phenoxy) is 1. The maximum atomic E-state index is 12.4. The molecule has 0 saturated carbocycles. The van der Waals surface area contributed by atoms with E-state index in [4.69, 9.17) is 4.74 Å². The van der Waals surface area contributed by atoms with E-state index in [-0.39, 0.29) is 5.56 Å². The largest absolute Gasteiger partial charge is 0.496 e. The maximum Gasteiger partial charge on any atom is 0.393 e. The van der Waals surface area contributed by atoms with Gasteiger partial charge in [-0.1, -0.05) is 12.1 Å². The Balaban J connectivity index is 2.14. The highest BCUT2D eigenvalue weighted by Gasteiger charge is 2.27. The highest BCUT2D eigenvalue weighted by molar-refractivity contribution is 9.10. The Labute approximate surface area is 139 Å². The number of hydrogen-bond acceptors (Lipinski definition) is 2. The van der Waals surface area contributed by atoms with E-state index in [0.29, 0.717) is 21.5 Å². The third kappa shape index (κ3) is 4.99. The number of alkyl halides is 3. The van der Waals surface area contributed by atoms with Crippen LogP contribution in [0.4, 0.5) is 18.9 Å². The molecule has 0 aromatic heterocycles. The number of benzene rings is 2. The van der Waals surface area contributed by atoms with Crippen LogP contribution in [-0.2, 0) is 6.42 Å². The molecule has 0 aliphatic carbocycles. The van der Waals surface area contributed by atoms with Crippen molar-refractivity contribution >= 4 is 27.5 Å². The Morgan fingerprint density at radius 1 is 1.22 bits per heavy atom. The van der Waals surface area contributed by atoms with Crippen LogP contribution in [0.25, 0.3) is 0 Å². The van der Waals surface area contributed by atoms with Gasteiger partial charge in [0, 0.05) is 11.3 Å². The number of nitrogens with one attached hydrogen (secondary N) is 1. The quantitative estimate of drug-likeness (QED) is 0.816. The highest BCUT2D eigenvalue weighted by atomic mass is 79.9. The van der Waals surface area contributed by atoms with Crippen molar-refractivity contribution in [2.75, 3.05) is 12.4 Å². The number of methoxy groups -OCH3 is 1. The molecule has 0 fully saturated rings. The third-order valence-electron chi connectivity index (χ3n) is 3.00. The zero-order valence-electron chi connectivity index (χ0n) is 12.1. The normalized spacial score (nSPS) is 11.2. The van der Waals surface area contributed by atoms with Gasteiger partial charge in [0.05, 0.1) is 18.0 Å². The van der Waals surface area contributed by atoms with Gasteiger partial charge in [0.1, 0.15) is 5.75 Å². The number of halogens is 4. The highest BCUT2D eigenvalue weighted by Crippen LogP contribution is 2.26. The van der Waals surface area contributed by atoms with Gasteiger partial charge < -0.3 is 10.1 Å². The van der Waals surface area contributed by atoms with E-state index in [1.807, 2.05) is 0 Å². The smallest absolute Gasteiger partial charge is 0.393 e. The fourth-order valence-corrected chi connectivity index (χ4v) is 2.54. The van der Waals surface area contributed by atoms with Crippen LogP contribution in [0.2, 0.25) is 0 Å². The van der Waals surface area contributed by atoms with E-state index < -0.39 is 18.5 Å². The summed E-state index contributed by atoms with van der Waals surface area (Å²) in [6, 6.07) is 10.5. The number of amides is 1. The van der Waals surface area contributed by atoms with E-state index >= 15 is 0 Å². The predicted octanol–water partition coefficient (Wildman–Crippen LogP) is 4.81. The van der Waals surface area contributed by atoms with Gasteiger partial charge in [0.25, 0.3) is 5.91 Å². The summed E-state index contributed by atoms with van der Waals surface area (Å²) in [5, 5.41) is 2.58. The van der Waals surface area contributed by atoms with Crippen LogP contribution in [0, 0.1) is 0 Å². The summed E-state index contributed by atoms with van der Waals surface area (Å²) in [5.41, 5.74) is 0.758. The number of anilines is 1. The molecule has 0 heterocycles. The van der Waals surface area contributed by atoms with Crippen LogP contribution in [-0.4, -0.2) is 19.2 Å². The van der Waals surface area contributed by atoms with Gasteiger partial charge in [-0.3, -0.25) is 4.79 Å². The first-order valence-electron chi connectivity index (χ1n) is 6.59. The average Bonchev–Trinajstić information content (AvgIpc) is 2.45. The van der Waals surface area contributed by atoms with Gasteiger partial charge >= 0.3 is 6.18 Å². The van der Waals surface area contributed by atoms with E-state index in [9.17, 15) is 18.0 Å². The molecule has 1 amide bonds. The van der Waals surface area contributed by atoms with Crippen LogP contribution in [0.1, 0.15) is 15.9 Å². The molecule has 23 heavy (non-hydrogen) atoms. The molecule has 0 atom stereocenters. The number of rotatable bonds is 4. The van der Waals surface area contributed by atoms with E-state index in [0.717, 1.165) is 0 Å². The second-order valence-corrected chi connectivity index (χ2v) is 5.65. The summed E-state index contributed by atoms with van der Waals surface area (Å²) in [7, 11) is 1.51. The molecular formula is C16H13BrF3NO2. The molecule has 0 radical (unpaired) electrons. The minimum Gasteiger partial charge on any atom is -0.496 e. The summed E-state index contributed by atoms with van der Waals surface area (Å²) < 4.78 is 42.9. The van der Waals surface area contributed by atoms with E-state index in [1.165, 1.54) is 31.4 Å². The Hall–Kier alpha value is -2.02. The lowest BCUT2D eigenvalue weighted by Crippen LogP contribution is -2.14. The van der Waals surface area contributed by atoms with Crippen molar-refractivity contribution in [3.63, 3.8) is 0 Å². The lowest BCUT2D eigenvalue weighted by Gasteiger charge is -2.10. The zero-order valence-corrected chi connectivity index (χ0v) is 13.7. The minimum absolute atomic E-state index is 0.0891. The zero-order chi connectivity index (χ0) is 17.0. The molecule has 0 aliphatic heterocycles. The second kappa shape index (κ2) is 7.04. The van der Waals surface area contributed by atoms with Crippen molar-refractivity contribution in [2.24, 2.45) is 0 Å². The molecule has 1 N–H and O–H groups in total. The van der Waals surface area contributed by atoms with Crippen LogP contribution < -0.4 is 10.1 Å². The molecule has 2 aromatic rings. The maximum absolute atomic E-state index is 12.4. The molecule has 0 aliphatic rings. The van der Waals surface area contributed by atoms with Crippen molar-refractivity contribution in [3.05, 3.63) is 58.1 Å². The van der Waals surface area contributed by atoms with Crippen molar-refractivity contribution in [3.8, 4) is 5.75 Å². The molecule has 0 saturated heterocycles. The summed E-state index contributed by atoms with van der Waals surface area (Å²) in [6.45, 7) is 0. The van der Waals surface area contributed by atoms with E-state index in [2.05, 4.69) is 21.2 Å². The van der Waals surface area contributed by atoms with E-state index in [1.54, 1.807) is 18.2 Å². The fourth-order valence-electron chi connectivity index (χ4n) is 2.00. The van der Waals surface area contributed by atoms with Crippen LogP contribution in [0.3, 0.4) is 0 Å². The number of hydrogen-bond donors (Lipinski definition) is 1. The molecule has 122 valence electrons. The Bertz CT molecular complexity index is 717.